The fraction of sp³-hybridized carbons (Fsp3) is 0.286. The van der Waals surface area contributed by atoms with Gasteiger partial charge in [-0.1, -0.05) is 65.6 Å². The Hall–Kier alpha value is -2.58. The first-order valence-corrected chi connectivity index (χ1v) is 11.0. The summed E-state index contributed by atoms with van der Waals surface area (Å²) in [5, 5.41) is 12.1. The molecule has 0 saturated carbocycles. The predicted molar refractivity (Wildman–Crippen MR) is 119 cm³/mol. The monoisotopic (exact) mass is 428 g/mol. The molecule has 8 heteroatoms. The van der Waals surface area contributed by atoms with Gasteiger partial charge in [-0.25, -0.2) is 0 Å². The summed E-state index contributed by atoms with van der Waals surface area (Å²) in [6.07, 6.45) is 0. The third-order valence-corrected chi connectivity index (χ3v) is 6.11. The molecule has 1 heterocycles. The Morgan fingerprint density at radius 3 is 2.66 bits per heavy atom. The summed E-state index contributed by atoms with van der Waals surface area (Å²) in [5.74, 6) is 0.829. The average Bonchev–Trinajstić information content (AvgIpc) is 3.16. The number of amides is 1. The van der Waals surface area contributed by atoms with Crippen LogP contribution in [0.1, 0.15) is 19.4 Å². The van der Waals surface area contributed by atoms with Gasteiger partial charge >= 0.3 is 0 Å². The number of benzene rings is 2. The summed E-state index contributed by atoms with van der Waals surface area (Å²) in [4.78, 5) is 14.4. The zero-order valence-electron chi connectivity index (χ0n) is 16.7. The Morgan fingerprint density at radius 1 is 1.17 bits per heavy atom. The van der Waals surface area contributed by atoms with Crippen LogP contribution < -0.4 is 10.1 Å². The Morgan fingerprint density at radius 2 is 1.90 bits per heavy atom. The summed E-state index contributed by atoms with van der Waals surface area (Å²) in [7, 11) is 1.82. The molecule has 0 spiro atoms. The number of carbonyl (C=O) groups is 1. The van der Waals surface area contributed by atoms with E-state index >= 15 is 0 Å². The van der Waals surface area contributed by atoms with Gasteiger partial charge in [-0.3, -0.25) is 4.79 Å². The standard InChI is InChI=1S/C21H24N4O2S2/c1-4-27-18-13-9-8-12-17(18)22-20-23-24-21(29-20)28-15(2)19(26)25(3)14-16-10-6-5-7-11-16/h5-13,15H,4,14H2,1-3H3,(H,22,23). The molecular formula is C21H24N4O2S2. The van der Waals surface area contributed by atoms with E-state index < -0.39 is 0 Å². The maximum absolute atomic E-state index is 12.7. The third-order valence-electron chi connectivity index (χ3n) is 4.10. The van der Waals surface area contributed by atoms with Crippen molar-refractivity contribution in [3.05, 3.63) is 60.2 Å². The second-order valence-electron chi connectivity index (χ2n) is 6.37. The average molecular weight is 429 g/mol. The van der Waals surface area contributed by atoms with Crippen LogP contribution in [-0.4, -0.2) is 39.9 Å². The minimum atomic E-state index is -0.250. The van der Waals surface area contributed by atoms with Crippen LogP contribution in [-0.2, 0) is 11.3 Å². The number of nitrogens with zero attached hydrogens (tertiary/aromatic N) is 3. The van der Waals surface area contributed by atoms with Gasteiger partial charge in [0.2, 0.25) is 11.0 Å². The van der Waals surface area contributed by atoms with Gasteiger partial charge < -0.3 is 15.0 Å². The molecule has 0 fully saturated rings. The van der Waals surface area contributed by atoms with Gasteiger partial charge in [0.15, 0.2) is 4.34 Å². The first-order valence-electron chi connectivity index (χ1n) is 9.34. The van der Waals surface area contributed by atoms with Crippen molar-refractivity contribution in [2.24, 2.45) is 0 Å². The number of anilines is 2. The Balaban J connectivity index is 1.58. The van der Waals surface area contributed by atoms with E-state index in [1.165, 1.54) is 23.1 Å². The highest BCUT2D eigenvalue weighted by atomic mass is 32.2. The van der Waals surface area contributed by atoms with Crippen molar-refractivity contribution in [2.75, 3.05) is 19.0 Å². The van der Waals surface area contributed by atoms with E-state index in [-0.39, 0.29) is 11.2 Å². The number of hydrogen-bond acceptors (Lipinski definition) is 7. The summed E-state index contributed by atoms with van der Waals surface area (Å²) >= 11 is 2.84. The summed E-state index contributed by atoms with van der Waals surface area (Å²) in [6.45, 7) is 5.02. The highest BCUT2D eigenvalue weighted by Gasteiger charge is 2.21. The van der Waals surface area contributed by atoms with Crippen LogP contribution in [0.5, 0.6) is 5.75 Å². The van der Waals surface area contributed by atoms with E-state index in [4.69, 9.17) is 4.74 Å². The number of carbonyl (C=O) groups excluding carboxylic acids is 1. The van der Waals surface area contributed by atoms with Gasteiger partial charge in [0, 0.05) is 13.6 Å². The van der Waals surface area contributed by atoms with Crippen LogP contribution in [0, 0.1) is 0 Å². The van der Waals surface area contributed by atoms with Crippen molar-refractivity contribution in [3.63, 3.8) is 0 Å². The Labute approximate surface area is 179 Å². The third kappa shape index (κ3) is 5.95. The molecule has 152 valence electrons. The van der Waals surface area contributed by atoms with Gasteiger partial charge in [-0.05, 0) is 31.5 Å². The van der Waals surface area contributed by atoms with Crippen LogP contribution in [0.15, 0.2) is 58.9 Å². The molecule has 1 atom stereocenters. The molecule has 29 heavy (non-hydrogen) atoms. The highest BCUT2D eigenvalue weighted by Crippen LogP contribution is 2.33. The number of rotatable bonds is 9. The van der Waals surface area contributed by atoms with Crippen molar-refractivity contribution >= 4 is 39.8 Å². The van der Waals surface area contributed by atoms with Crippen LogP contribution in [0.2, 0.25) is 0 Å². The molecule has 0 bridgehead atoms. The molecule has 0 saturated heterocycles. The van der Waals surface area contributed by atoms with Crippen LogP contribution in [0.3, 0.4) is 0 Å². The molecule has 1 amide bonds. The molecule has 6 nitrogen and oxygen atoms in total. The number of ether oxygens (including phenoxy) is 1. The van der Waals surface area contributed by atoms with Gasteiger partial charge in [-0.2, -0.15) is 0 Å². The highest BCUT2D eigenvalue weighted by molar-refractivity contribution is 8.02. The topological polar surface area (TPSA) is 67.3 Å². The van der Waals surface area contributed by atoms with E-state index in [9.17, 15) is 4.79 Å². The van der Waals surface area contributed by atoms with E-state index in [0.29, 0.717) is 18.3 Å². The molecule has 0 aliphatic rings. The summed E-state index contributed by atoms with van der Waals surface area (Å²) in [5.41, 5.74) is 1.95. The van der Waals surface area contributed by atoms with E-state index in [2.05, 4.69) is 15.5 Å². The fourth-order valence-corrected chi connectivity index (χ4v) is 4.74. The number of aromatic nitrogens is 2. The number of para-hydroxylation sites is 2. The zero-order valence-corrected chi connectivity index (χ0v) is 18.3. The van der Waals surface area contributed by atoms with E-state index in [0.717, 1.165) is 21.3 Å². The van der Waals surface area contributed by atoms with Gasteiger partial charge in [-0.15, -0.1) is 10.2 Å². The molecule has 3 aromatic rings. The zero-order chi connectivity index (χ0) is 20.6. The summed E-state index contributed by atoms with van der Waals surface area (Å²) < 4.78 is 6.37. The lowest BCUT2D eigenvalue weighted by atomic mass is 10.2. The van der Waals surface area contributed by atoms with Crippen molar-refractivity contribution in [1.82, 2.24) is 15.1 Å². The molecule has 3 rings (SSSR count). The summed E-state index contributed by atoms with van der Waals surface area (Å²) in [6, 6.07) is 17.7. The van der Waals surface area contributed by atoms with Crippen molar-refractivity contribution in [1.29, 1.82) is 0 Å². The van der Waals surface area contributed by atoms with Crippen molar-refractivity contribution < 1.29 is 9.53 Å². The number of nitrogens with one attached hydrogen (secondary N) is 1. The van der Waals surface area contributed by atoms with E-state index in [1.54, 1.807) is 4.90 Å². The van der Waals surface area contributed by atoms with Gasteiger partial charge in [0.25, 0.3) is 0 Å². The Bertz CT molecular complexity index is 933. The minimum absolute atomic E-state index is 0.0604. The lowest BCUT2D eigenvalue weighted by Crippen LogP contribution is -2.32. The lowest BCUT2D eigenvalue weighted by Gasteiger charge is -2.20. The molecule has 1 N–H and O–H groups in total. The van der Waals surface area contributed by atoms with Crippen molar-refractivity contribution in [2.45, 2.75) is 30.0 Å². The molecular weight excluding hydrogens is 404 g/mol. The first-order chi connectivity index (χ1) is 14.1. The smallest absolute Gasteiger partial charge is 0.235 e. The molecule has 0 radical (unpaired) electrons. The van der Waals surface area contributed by atoms with Crippen LogP contribution in [0.4, 0.5) is 10.8 Å². The number of hydrogen-bond donors (Lipinski definition) is 1. The van der Waals surface area contributed by atoms with Gasteiger partial charge in [0.05, 0.1) is 17.5 Å². The predicted octanol–water partition coefficient (Wildman–Crippen LogP) is 4.82. The normalized spacial score (nSPS) is 11.7. The fourth-order valence-electron chi connectivity index (χ4n) is 2.72. The maximum atomic E-state index is 12.7. The first kappa shape index (κ1) is 21.1. The Kier molecular flexibility index (Phi) is 7.48. The molecule has 2 aromatic carbocycles. The second-order valence-corrected chi connectivity index (χ2v) is 8.93. The van der Waals surface area contributed by atoms with Gasteiger partial charge in [0.1, 0.15) is 5.75 Å². The van der Waals surface area contributed by atoms with Crippen LogP contribution in [0.25, 0.3) is 0 Å². The number of thioether (sulfide) groups is 1. The molecule has 1 unspecified atom stereocenters. The van der Waals surface area contributed by atoms with Crippen LogP contribution >= 0.6 is 23.1 Å². The maximum Gasteiger partial charge on any atom is 0.235 e. The molecule has 0 aliphatic carbocycles. The largest absolute Gasteiger partial charge is 0.492 e. The lowest BCUT2D eigenvalue weighted by molar-refractivity contribution is -0.129. The second kappa shape index (κ2) is 10.3. The SMILES string of the molecule is CCOc1ccccc1Nc1nnc(SC(C)C(=O)N(C)Cc2ccccc2)s1. The molecule has 1 aromatic heterocycles. The minimum Gasteiger partial charge on any atom is -0.492 e. The quantitative estimate of drug-likeness (QED) is 0.493. The molecule has 0 aliphatic heterocycles. The van der Waals surface area contributed by atoms with E-state index in [1.807, 2.05) is 75.5 Å². The van der Waals surface area contributed by atoms with Crippen molar-refractivity contribution in [3.8, 4) is 5.75 Å².